The molecule has 2 rings (SSSR count). The highest BCUT2D eigenvalue weighted by Crippen LogP contribution is 2.23. The molecule has 0 aromatic heterocycles. The van der Waals surface area contributed by atoms with Gasteiger partial charge in [-0.05, 0) is 67.7 Å². The lowest BCUT2D eigenvalue weighted by atomic mass is 10.0. The number of hydrogen-bond donors (Lipinski definition) is 4. The van der Waals surface area contributed by atoms with Gasteiger partial charge in [-0.15, -0.1) is 0 Å². The van der Waals surface area contributed by atoms with Gasteiger partial charge in [0.05, 0.1) is 11.4 Å². The van der Waals surface area contributed by atoms with Crippen molar-refractivity contribution in [2.75, 3.05) is 10.7 Å². The fourth-order valence-corrected chi connectivity index (χ4v) is 2.77. The maximum Gasteiger partial charge on any atom is 0.0826 e. The summed E-state index contributed by atoms with van der Waals surface area (Å²) in [4.78, 5) is 0. The van der Waals surface area contributed by atoms with Crippen molar-refractivity contribution in [3.63, 3.8) is 0 Å². The Kier molecular flexibility index (Phi) is 7.06. The molecule has 0 saturated heterocycles. The summed E-state index contributed by atoms with van der Waals surface area (Å²) in [6, 6.07) is 10.3. The molecule has 0 aliphatic rings. The van der Waals surface area contributed by atoms with E-state index in [0.29, 0.717) is 12.1 Å². The molecule has 2 aromatic rings. The number of benzene rings is 2. The topological polar surface area (TPSA) is 84.1 Å². The Bertz CT molecular complexity index is 894. The first kappa shape index (κ1) is 20.1. The molecule has 0 bridgehead atoms. The molecule has 0 radical (unpaired) electrons. The highest BCUT2D eigenvalue weighted by molar-refractivity contribution is 6.30. The lowest BCUT2D eigenvalue weighted by Crippen LogP contribution is -2.09. The van der Waals surface area contributed by atoms with Gasteiger partial charge in [0.2, 0.25) is 0 Å². The normalized spacial score (nSPS) is 11.5. The summed E-state index contributed by atoms with van der Waals surface area (Å²) in [5, 5.41) is 22.3. The quantitative estimate of drug-likeness (QED) is 0.387. The zero-order valence-corrected chi connectivity index (χ0v) is 16.4. The summed E-state index contributed by atoms with van der Waals surface area (Å²) in [7, 11) is 0. The zero-order valence-electron chi connectivity index (χ0n) is 16.4. The van der Waals surface area contributed by atoms with Crippen molar-refractivity contribution in [2.45, 2.75) is 34.1 Å². The van der Waals surface area contributed by atoms with Crippen LogP contribution in [0.4, 0.5) is 11.4 Å². The van der Waals surface area contributed by atoms with Gasteiger partial charge in [-0.1, -0.05) is 24.3 Å². The van der Waals surface area contributed by atoms with Crippen LogP contribution in [0.3, 0.4) is 0 Å². The molecule has 5 heteroatoms. The van der Waals surface area contributed by atoms with E-state index in [1.807, 2.05) is 19.1 Å². The minimum absolute atomic E-state index is 0.581. The molecule has 0 aliphatic heterocycles. The molecule has 140 valence electrons. The van der Waals surface area contributed by atoms with Crippen molar-refractivity contribution in [1.82, 2.24) is 0 Å². The smallest absolute Gasteiger partial charge is 0.0826 e. The zero-order chi connectivity index (χ0) is 19.8. The van der Waals surface area contributed by atoms with Crippen LogP contribution in [0.15, 0.2) is 47.7 Å². The minimum atomic E-state index is 0.581. The molecular weight excluding hydrogens is 334 g/mol. The molecule has 4 N–H and O–H groups in total. The molecule has 0 spiro atoms. The van der Waals surface area contributed by atoms with Gasteiger partial charge < -0.3 is 16.1 Å². The van der Waals surface area contributed by atoms with Crippen LogP contribution >= 0.6 is 0 Å². The highest BCUT2D eigenvalue weighted by Gasteiger charge is 2.06. The van der Waals surface area contributed by atoms with Crippen LogP contribution in [-0.2, 0) is 6.42 Å². The average molecular weight is 361 g/mol. The molecule has 0 fully saturated rings. The molecule has 2 aromatic carbocycles. The van der Waals surface area contributed by atoms with E-state index in [9.17, 15) is 0 Å². The number of rotatable bonds is 8. The summed E-state index contributed by atoms with van der Waals surface area (Å²) < 4.78 is 0. The monoisotopic (exact) mass is 361 g/mol. The van der Waals surface area contributed by atoms with Crippen LogP contribution in [0.5, 0.6) is 0 Å². The average Bonchev–Trinajstić information content (AvgIpc) is 2.65. The van der Waals surface area contributed by atoms with Gasteiger partial charge in [-0.2, -0.15) is 5.10 Å². The van der Waals surface area contributed by atoms with Crippen molar-refractivity contribution in [3.8, 4) is 0 Å². The molecule has 0 aliphatic carbocycles. The Morgan fingerprint density at radius 2 is 1.74 bits per heavy atom. The van der Waals surface area contributed by atoms with E-state index >= 15 is 0 Å². The predicted molar refractivity (Wildman–Crippen MR) is 117 cm³/mol. The summed E-state index contributed by atoms with van der Waals surface area (Å²) in [6.07, 6.45) is 6.47. The van der Waals surface area contributed by atoms with Crippen LogP contribution in [-0.4, -0.2) is 18.1 Å². The standard InChI is InChI=1S/C22H27N5/c1-15-6-7-16(2)22(18(15)4)27-26-20(14-24)13-19-8-9-21(17(3)12-19)25-11-5-10-23/h5-12,14,23-25,27H,13H2,1-4H3/b11-5-,23-10?,24-14?,26-20+. The van der Waals surface area contributed by atoms with Crippen LogP contribution in [0.2, 0.25) is 0 Å². The maximum absolute atomic E-state index is 7.69. The molecular formula is C22H27N5. The Morgan fingerprint density at radius 1 is 1.00 bits per heavy atom. The summed E-state index contributed by atoms with van der Waals surface area (Å²) in [5.74, 6) is 0. The fraction of sp³-hybridized carbons (Fsp3) is 0.227. The van der Waals surface area contributed by atoms with Crippen molar-refractivity contribution in [1.29, 1.82) is 10.8 Å². The fourth-order valence-electron chi connectivity index (χ4n) is 2.77. The van der Waals surface area contributed by atoms with Gasteiger partial charge >= 0.3 is 0 Å². The first-order valence-electron chi connectivity index (χ1n) is 8.87. The molecule has 0 heterocycles. The van der Waals surface area contributed by atoms with Crippen LogP contribution in [0.1, 0.15) is 27.8 Å². The first-order valence-corrected chi connectivity index (χ1v) is 8.87. The third-order valence-electron chi connectivity index (χ3n) is 4.53. The highest BCUT2D eigenvalue weighted by atomic mass is 15.3. The second kappa shape index (κ2) is 9.48. The number of anilines is 2. The van der Waals surface area contributed by atoms with Gasteiger partial charge in [0.15, 0.2) is 0 Å². The largest absolute Gasteiger partial charge is 0.361 e. The van der Waals surface area contributed by atoms with Crippen LogP contribution in [0, 0.1) is 38.5 Å². The third-order valence-corrected chi connectivity index (χ3v) is 4.53. The van der Waals surface area contributed by atoms with Gasteiger partial charge in [0.25, 0.3) is 0 Å². The van der Waals surface area contributed by atoms with E-state index in [-0.39, 0.29) is 0 Å². The van der Waals surface area contributed by atoms with E-state index < -0.39 is 0 Å². The van der Waals surface area contributed by atoms with E-state index in [0.717, 1.165) is 28.1 Å². The third kappa shape index (κ3) is 5.38. The molecule has 0 amide bonds. The Morgan fingerprint density at radius 3 is 2.41 bits per heavy atom. The van der Waals surface area contributed by atoms with Crippen molar-refractivity contribution < 1.29 is 0 Å². The summed E-state index contributed by atoms with van der Waals surface area (Å²) in [6.45, 7) is 8.24. The van der Waals surface area contributed by atoms with Gasteiger partial charge in [-0.3, -0.25) is 5.43 Å². The van der Waals surface area contributed by atoms with Gasteiger partial charge in [0, 0.05) is 30.7 Å². The Balaban J connectivity index is 2.15. The van der Waals surface area contributed by atoms with E-state index in [4.69, 9.17) is 10.8 Å². The number of nitrogens with one attached hydrogen (secondary N) is 4. The molecule has 0 atom stereocenters. The second-order valence-electron chi connectivity index (χ2n) is 6.55. The van der Waals surface area contributed by atoms with Gasteiger partial charge in [0.1, 0.15) is 0 Å². The van der Waals surface area contributed by atoms with Crippen molar-refractivity contribution in [3.05, 3.63) is 70.4 Å². The lowest BCUT2D eigenvalue weighted by Gasteiger charge is -2.12. The number of hydrogen-bond acceptors (Lipinski definition) is 5. The van der Waals surface area contributed by atoms with E-state index in [1.165, 1.54) is 23.6 Å². The predicted octanol–water partition coefficient (Wildman–Crippen LogP) is 5.16. The summed E-state index contributed by atoms with van der Waals surface area (Å²) >= 11 is 0. The lowest BCUT2D eigenvalue weighted by molar-refractivity contribution is 1.21. The molecule has 5 nitrogen and oxygen atoms in total. The van der Waals surface area contributed by atoms with E-state index in [2.05, 4.69) is 54.8 Å². The Labute approximate surface area is 161 Å². The number of nitrogens with zero attached hydrogens (tertiary/aromatic N) is 1. The number of aryl methyl sites for hydroxylation is 3. The second-order valence-corrected chi connectivity index (χ2v) is 6.55. The van der Waals surface area contributed by atoms with Crippen molar-refractivity contribution >= 4 is 29.5 Å². The molecule has 0 saturated carbocycles. The minimum Gasteiger partial charge on any atom is -0.361 e. The SMILES string of the molecule is Cc1cc(C/C(C=N)=N\Nc2c(C)ccc(C)c2C)ccc1N/C=C\C=N. The number of allylic oxidation sites excluding steroid dienone is 1. The molecule has 0 unspecified atom stereocenters. The van der Waals surface area contributed by atoms with Crippen LogP contribution in [0.25, 0.3) is 0 Å². The Hall–Kier alpha value is -3.21. The van der Waals surface area contributed by atoms with Crippen LogP contribution < -0.4 is 10.7 Å². The number of hydrazone groups is 1. The van der Waals surface area contributed by atoms with Gasteiger partial charge in [-0.25, -0.2) is 0 Å². The summed E-state index contributed by atoms with van der Waals surface area (Å²) in [5.41, 5.74) is 11.5. The molecule has 27 heavy (non-hydrogen) atoms. The maximum atomic E-state index is 7.69. The van der Waals surface area contributed by atoms with E-state index in [1.54, 1.807) is 12.3 Å². The first-order chi connectivity index (χ1) is 13.0. The van der Waals surface area contributed by atoms with Crippen molar-refractivity contribution in [2.24, 2.45) is 5.10 Å².